The van der Waals surface area contributed by atoms with Gasteiger partial charge in [-0.3, -0.25) is 0 Å². The maximum atomic E-state index is 13.1. The van der Waals surface area contributed by atoms with E-state index in [0.717, 1.165) is 12.1 Å². The van der Waals surface area contributed by atoms with E-state index in [1.165, 1.54) is 4.31 Å². The molecule has 2 N–H and O–H groups in total. The van der Waals surface area contributed by atoms with E-state index >= 15 is 0 Å². The van der Waals surface area contributed by atoms with Gasteiger partial charge in [0, 0.05) is 19.1 Å². The van der Waals surface area contributed by atoms with Crippen molar-refractivity contribution in [2.24, 2.45) is 11.7 Å². The molecule has 0 spiro atoms. The monoisotopic (exact) mass is 340 g/mol. The van der Waals surface area contributed by atoms with E-state index in [-0.39, 0.29) is 26.9 Å². The van der Waals surface area contributed by atoms with Gasteiger partial charge < -0.3 is 5.73 Å². The molecule has 1 aliphatic heterocycles. The zero-order valence-electron chi connectivity index (χ0n) is 10.8. The summed E-state index contributed by atoms with van der Waals surface area (Å²) in [6.45, 7) is 2.53. The Morgan fingerprint density at radius 2 is 1.95 bits per heavy atom. The third kappa shape index (κ3) is 2.94. The second kappa shape index (κ2) is 5.77. The Balaban J connectivity index is 2.38. The maximum absolute atomic E-state index is 13.1. The van der Waals surface area contributed by atoms with Gasteiger partial charge in [0.25, 0.3) is 0 Å². The van der Waals surface area contributed by atoms with Crippen LogP contribution in [0.1, 0.15) is 13.3 Å². The van der Waals surface area contributed by atoms with Crippen LogP contribution in [0, 0.1) is 11.7 Å². The van der Waals surface area contributed by atoms with Crippen molar-refractivity contribution in [1.29, 1.82) is 0 Å². The molecule has 0 aromatic heterocycles. The van der Waals surface area contributed by atoms with Gasteiger partial charge >= 0.3 is 0 Å². The Morgan fingerprint density at radius 3 is 2.40 bits per heavy atom. The number of nitrogens with zero attached hydrogens (tertiary/aromatic N) is 1. The first kappa shape index (κ1) is 16.0. The number of benzene rings is 1. The van der Waals surface area contributed by atoms with Crippen molar-refractivity contribution in [3.05, 3.63) is 28.0 Å². The number of halogens is 3. The lowest BCUT2D eigenvalue weighted by atomic mass is 10.0. The van der Waals surface area contributed by atoms with Crippen LogP contribution in [0.5, 0.6) is 0 Å². The summed E-state index contributed by atoms with van der Waals surface area (Å²) >= 11 is 11.7. The van der Waals surface area contributed by atoms with Gasteiger partial charge in [-0.15, -0.1) is 0 Å². The summed E-state index contributed by atoms with van der Waals surface area (Å²) in [7, 11) is -3.84. The van der Waals surface area contributed by atoms with Crippen LogP contribution in [0.15, 0.2) is 17.0 Å². The highest BCUT2D eigenvalue weighted by atomic mass is 35.5. The molecule has 20 heavy (non-hydrogen) atoms. The molecule has 1 heterocycles. The van der Waals surface area contributed by atoms with Gasteiger partial charge in [0.1, 0.15) is 10.7 Å². The first-order valence-corrected chi connectivity index (χ1v) is 8.33. The van der Waals surface area contributed by atoms with Gasteiger partial charge in [-0.1, -0.05) is 23.2 Å². The first-order valence-electron chi connectivity index (χ1n) is 6.13. The van der Waals surface area contributed by atoms with Gasteiger partial charge in [0.2, 0.25) is 10.0 Å². The Labute approximate surface area is 127 Å². The summed E-state index contributed by atoms with van der Waals surface area (Å²) in [4.78, 5) is -0.243. The number of nitrogens with two attached hydrogens (primary N) is 1. The molecule has 1 aromatic carbocycles. The number of rotatable bonds is 3. The summed E-state index contributed by atoms with van der Waals surface area (Å²) in [5.74, 6) is -0.573. The average molecular weight is 341 g/mol. The number of hydrogen-bond donors (Lipinski definition) is 1. The zero-order valence-corrected chi connectivity index (χ0v) is 13.1. The lowest BCUT2D eigenvalue weighted by Gasteiger charge is -2.19. The standard InChI is InChI=1S/C12H15Cl2FN2O2S/c1-7(16)8-2-3-17(6-8)20(18,19)12-10(13)4-9(15)5-11(12)14/h4-5,7-8H,2-3,6,16H2,1H3. The normalized spacial score (nSPS) is 22.1. The minimum absolute atomic E-state index is 0.0886. The molecule has 0 saturated carbocycles. The third-order valence-corrected chi connectivity index (χ3v) is 6.28. The quantitative estimate of drug-likeness (QED) is 0.919. The molecule has 8 heteroatoms. The summed E-state index contributed by atoms with van der Waals surface area (Å²) in [5, 5.41) is -0.418. The first-order chi connectivity index (χ1) is 9.23. The zero-order chi connectivity index (χ0) is 15.1. The minimum Gasteiger partial charge on any atom is -0.328 e. The highest BCUT2D eigenvalue weighted by Crippen LogP contribution is 2.35. The van der Waals surface area contributed by atoms with Crippen LogP contribution in [0.25, 0.3) is 0 Å². The fraction of sp³-hybridized carbons (Fsp3) is 0.500. The number of hydrogen-bond acceptors (Lipinski definition) is 3. The highest BCUT2D eigenvalue weighted by molar-refractivity contribution is 7.89. The van der Waals surface area contributed by atoms with Crippen LogP contribution in [0.3, 0.4) is 0 Å². The van der Waals surface area contributed by atoms with Crippen LogP contribution >= 0.6 is 23.2 Å². The molecule has 0 bridgehead atoms. The fourth-order valence-corrected chi connectivity index (χ4v) is 4.95. The van der Waals surface area contributed by atoms with Crippen molar-refractivity contribution in [3.63, 3.8) is 0 Å². The molecule has 1 aromatic rings. The van der Waals surface area contributed by atoms with E-state index in [2.05, 4.69) is 0 Å². The number of sulfonamides is 1. The van der Waals surface area contributed by atoms with E-state index in [1.54, 1.807) is 0 Å². The highest BCUT2D eigenvalue weighted by Gasteiger charge is 2.36. The topological polar surface area (TPSA) is 63.4 Å². The molecule has 2 unspecified atom stereocenters. The summed E-state index contributed by atoms with van der Waals surface area (Å²) in [5.41, 5.74) is 5.80. The van der Waals surface area contributed by atoms with Crippen molar-refractivity contribution >= 4 is 33.2 Å². The third-order valence-electron chi connectivity index (χ3n) is 3.49. The Hall–Kier alpha value is -0.400. The van der Waals surface area contributed by atoms with Gasteiger partial charge in [0.05, 0.1) is 10.0 Å². The second-order valence-electron chi connectivity index (χ2n) is 4.97. The minimum atomic E-state index is -3.84. The van der Waals surface area contributed by atoms with Crippen LogP contribution in [-0.4, -0.2) is 31.9 Å². The molecule has 0 radical (unpaired) electrons. The predicted octanol–water partition coefficient (Wildman–Crippen LogP) is 2.49. The molecule has 0 amide bonds. The molecule has 1 aliphatic rings. The van der Waals surface area contributed by atoms with Gasteiger partial charge in [0.15, 0.2) is 0 Å². The van der Waals surface area contributed by atoms with Gasteiger partial charge in [-0.25, -0.2) is 12.8 Å². The van der Waals surface area contributed by atoms with Crippen molar-refractivity contribution in [1.82, 2.24) is 4.31 Å². The lowest BCUT2D eigenvalue weighted by molar-refractivity contribution is 0.429. The Morgan fingerprint density at radius 1 is 1.40 bits per heavy atom. The SMILES string of the molecule is CC(N)C1CCN(S(=O)(=O)c2c(Cl)cc(F)cc2Cl)C1. The summed E-state index contributed by atoms with van der Waals surface area (Å²) < 4.78 is 39.5. The molecule has 2 atom stereocenters. The van der Waals surface area contributed by atoms with Crippen molar-refractivity contribution in [2.45, 2.75) is 24.3 Å². The summed E-state index contributed by atoms with van der Waals surface area (Å²) in [6, 6.07) is 1.80. The van der Waals surface area contributed by atoms with Gasteiger partial charge in [-0.05, 0) is 31.4 Å². The van der Waals surface area contributed by atoms with Crippen LogP contribution < -0.4 is 5.73 Å². The van der Waals surface area contributed by atoms with Gasteiger partial charge in [-0.2, -0.15) is 4.31 Å². The molecule has 0 aliphatic carbocycles. The summed E-state index contributed by atoms with van der Waals surface area (Å²) in [6.07, 6.45) is 0.688. The van der Waals surface area contributed by atoms with Crippen LogP contribution in [-0.2, 0) is 10.0 Å². The van der Waals surface area contributed by atoms with E-state index in [9.17, 15) is 12.8 Å². The van der Waals surface area contributed by atoms with Crippen molar-refractivity contribution in [2.75, 3.05) is 13.1 Å². The molecule has 4 nitrogen and oxygen atoms in total. The predicted molar refractivity (Wildman–Crippen MR) is 76.9 cm³/mol. The van der Waals surface area contributed by atoms with Crippen molar-refractivity contribution < 1.29 is 12.8 Å². The molecule has 2 rings (SSSR count). The fourth-order valence-electron chi connectivity index (χ4n) is 2.31. The molecular formula is C12H15Cl2FN2O2S. The van der Waals surface area contributed by atoms with Crippen LogP contribution in [0.4, 0.5) is 4.39 Å². The second-order valence-corrected chi connectivity index (χ2v) is 7.66. The molecule has 1 fully saturated rings. The van der Waals surface area contributed by atoms with E-state index in [4.69, 9.17) is 28.9 Å². The Kier molecular flexibility index (Phi) is 4.61. The molecule has 112 valence electrons. The smallest absolute Gasteiger partial charge is 0.246 e. The van der Waals surface area contributed by atoms with Crippen molar-refractivity contribution in [3.8, 4) is 0 Å². The Bertz CT molecular complexity index is 599. The van der Waals surface area contributed by atoms with E-state index in [0.29, 0.717) is 19.5 Å². The lowest BCUT2D eigenvalue weighted by Crippen LogP contribution is -2.33. The van der Waals surface area contributed by atoms with E-state index in [1.807, 2.05) is 6.92 Å². The van der Waals surface area contributed by atoms with Crippen LogP contribution in [0.2, 0.25) is 10.0 Å². The maximum Gasteiger partial charge on any atom is 0.246 e. The largest absolute Gasteiger partial charge is 0.328 e. The molecular weight excluding hydrogens is 326 g/mol. The molecule has 1 saturated heterocycles. The average Bonchev–Trinajstić information content (AvgIpc) is 2.76. The van der Waals surface area contributed by atoms with E-state index < -0.39 is 15.8 Å².